The van der Waals surface area contributed by atoms with E-state index in [9.17, 15) is 0 Å². The van der Waals surface area contributed by atoms with Gasteiger partial charge in [-0.15, -0.1) is 0 Å². The smallest absolute Gasteiger partial charge is 0.0958 e. The van der Waals surface area contributed by atoms with Gasteiger partial charge in [0.05, 0.1) is 5.52 Å². The molecular formula is C14H21N3. The molecule has 0 atom stereocenters. The molecule has 17 heavy (non-hydrogen) atoms. The Balaban J connectivity index is 2.54. The molecule has 1 heterocycles. The van der Waals surface area contributed by atoms with Crippen LogP contribution in [0.1, 0.15) is 25.1 Å². The van der Waals surface area contributed by atoms with Gasteiger partial charge in [0.2, 0.25) is 0 Å². The highest BCUT2D eigenvalue weighted by atomic mass is 15.3. The van der Waals surface area contributed by atoms with Gasteiger partial charge in [0.25, 0.3) is 0 Å². The summed E-state index contributed by atoms with van der Waals surface area (Å²) in [6.45, 7) is 5.15. The number of rotatable bonds is 4. The van der Waals surface area contributed by atoms with Crippen LogP contribution in [0.2, 0.25) is 0 Å². The first-order valence-corrected chi connectivity index (χ1v) is 6.27. The molecule has 92 valence electrons. The van der Waals surface area contributed by atoms with Crippen LogP contribution in [-0.2, 0) is 19.9 Å². The first kappa shape index (κ1) is 12.1. The number of fused-ring (bicyclic) bond motifs is 1. The average molecular weight is 231 g/mol. The quantitative estimate of drug-likeness (QED) is 0.877. The molecule has 2 N–H and O–H groups in total. The maximum Gasteiger partial charge on any atom is 0.0958 e. The summed E-state index contributed by atoms with van der Waals surface area (Å²) in [5.74, 6) is 0.645. The van der Waals surface area contributed by atoms with Crippen molar-refractivity contribution < 1.29 is 0 Å². The largest absolute Gasteiger partial charge is 0.330 e. The number of aryl methyl sites for hydroxylation is 1. The van der Waals surface area contributed by atoms with Crippen LogP contribution in [0, 0.1) is 5.92 Å². The molecular weight excluding hydrogens is 210 g/mol. The highest BCUT2D eigenvalue weighted by Crippen LogP contribution is 2.23. The molecule has 3 nitrogen and oxygen atoms in total. The Morgan fingerprint density at radius 2 is 2.12 bits per heavy atom. The van der Waals surface area contributed by atoms with Crippen LogP contribution < -0.4 is 5.73 Å². The second-order valence-corrected chi connectivity index (χ2v) is 5.02. The van der Waals surface area contributed by atoms with E-state index in [1.807, 2.05) is 11.7 Å². The first-order valence-electron chi connectivity index (χ1n) is 6.27. The fourth-order valence-electron chi connectivity index (χ4n) is 2.31. The van der Waals surface area contributed by atoms with E-state index in [4.69, 9.17) is 5.73 Å². The summed E-state index contributed by atoms with van der Waals surface area (Å²) in [5.41, 5.74) is 9.35. The van der Waals surface area contributed by atoms with Crippen LogP contribution >= 0.6 is 0 Å². The van der Waals surface area contributed by atoms with Gasteiger partial charge in [0.15, 0.2) is 0 Å². The van der Waals surface area contributed by atoms with E-state index < -0.39 is 0 Å². The second-order valence-electron chi connectivity index (χ2n) is 5.02. The van der Waals surface area contributed by atoms with Crippen molar-refractivity contribution in [1.82, 2.24) is 9.78 Å². The van der Waals surface area contributed by atoms with Gasteiger partial charge >= 0.3 is 0 Å². The Hall–Kier alpha value is -1.35. The predicted octanol–water partition coefficient (Wildman–Crippen LogP) is 2.27. The molecule has 0 radical (unpaired) electrons. The summed E-state index contributed by atoms with van der Waals surface area (Å²) in [6, 6.07) is 6.40. The Bertz CT molecular complexity index is 511. The van der Waals surface area contributed by atoms with E-state index in [2.05, 4.69) is 37.1 Å². The molecule has 2 rings (SSSR count). The van der Waals surface area contributed by atoms with Crippen molar-refractivity contribution in [3.63, 3.8) is 0 Å². The SMILES string of the molecule is CC(C)Cc1c2cccc(CCN)c2nn1C. The van der Waals surface area contributed by atoms with Crippen LogP contribution in [0.5, 0.6) is 0 Å². The number of benzene rings is 1. The zero-order chi connectivity index (χ0) is 12.4. The van der Waals surface area contributed by atoms with E-state index in [0.29, 0.717) is 12.5 Å². The summed E-state index contributed by atoms with van der Waals surface area (Å²) in [5, 5.41) is 5.93. The lowest BCUT2D eigenvalue weighted by molar-refractivity contribution is 0.599. The van der Waals surface area contributed by atoms with Crippen LogP contribution in [0.15, 0.2) is 18.2 Å². The van der Waals surface area contributed by atoms with Crippen LogP contribution in [0.4, 0.5) is 0 Å². The minimum atomic E-state index is 0.645. The van der Waals surface area contributed by atoms with Gasteiger partial charge in [-0.25, -0.2) is 0 Å². The summed E-state index contributed by atoms with van der Waals surface area (Å²) in [7, 11) is 2.03. The van der Waals surface area contributed by atoms with Gasteiger partial charge in [-0.05, 0) is 30.9 Å². The Morgan fingerprint density at radius 3 is 2.76 bits per heavy atom. The maximum atomic E-state index is 5.64. The highest BCUT2D eigenvalue weighted by Gasteiger charge is 2.12. The lowest BCUT2D eigenvalue weighted by Crippen LogP contribution is -2.03. The van der Waals surface area contributed by atoms with Gasteiger partial charge in [-0.1, -0.05) is 32.0 Å². The molecule has 1 aromatic carbocycles. The molecule has 0 aliphatic carbocycles. The van der Waals surface area contributed by atoms with Crippen molar-refractivity contribution in [1.29, 1.82) is 0 Å². The highest BCUT2D eigenvalue weighted by molar-refractivity contribution is 5.84. The monoisotopic (exact) mass is 231 g/mol. The minimum Gasteiger partial charge on any atom is -0.330 e. The molecule has 0 bridgehead atoms. The van der Waals surface area contributed by atoms with Crippen LogP contribution in [-0.4, -0.2) is 16.3 Å². The predicted molar refractivity (Wildman–Crippen MR) is 72.0 cm³/mol. The van der Waals surface area contributed by atoms with E-state index in [1.165, 1.54) is 16.6 Å². The maximum absolute atomic E-state index is 5.64. The molecule has 0 saturated carbocycles. The van der Waals surface area contributed by atoms with Crippen LogP contribution in [0.3, 0.4) is 0 Å². The van der Waals surface area contributed by atoms with E-state index in [0.717, 1.165) is 18.4 Å². The summed E-state index contributed by atoms with van der Waals surface area (Å²) in [6.07, 6.45) is 1.97. The van der Waals surface area contributed by atoms with E-state index in [-0.39, 0.29) is 0 Å². The van der Waals surface area contributed by atoms with Gasteiger partial charge < -0.3 is 5.73 Å². The molecule has 0 saturated heterocycles. The number of hydrogen-bond donors (Lipinski definition) is 1. The van der Waals surface area contributed by atoms with Crippen molar-refractivity contribution in [3.05, 3.63) is 29.5 Å². The number of aromatic nitrogens is 2. The Morgan fingerprint density at radius 1 is 1.35 bits per heavy atom. The molecule has 0 amide bonds. The molecule has 2 aromatic rings. The fourth-order valence-corrected chi connectivity index (χ4v) is 2.31. The molecule has 3 heteroatoms. The third-order valence-electron chi connectivity index (χ3n) is 3.09. The summed E-state index contributed by atoms with van der Waals surface area (Å²) < 4.78 is 2.02. The van der Waals surface area contributed by atoms with Gasteiger partial charge in [-0.2, -0.15) is 5.10 Å². The number of hydrogen-bond acceptors (Lipinski definition) is 2. The minimum absolute atomic E-state index is 0.645. The summed E-state index contributed by atoms with van der Waals surface area (Å²) in [4.78, 5) is 0. The second kappa shape index (κ2) is 4.88. The molecule has 0 fully saturated rings. The number of nitrogens with zero attached hydrogens (tertiary/aromatic N) is 2. The molecule has 1 aromatic heterocycles. The van der Waals surface area contributed by atoms with Crippen molar-refractivity contribution in [2.45, 2.75) is 26.7 Å². The normalized spacial score (nSPS) is 11.6. The van der Waals surface area contributed by atoms with Crippen molar-refractivity contribution in [2.75, 3.05) is 6.54 Å². The molecule has 0 spiro atoms. The van der Waals surface area contributed by atoms with Gasteiger partial charge in [-0.3, -0.25) is 4.68 Å². The molecule has 0 unspecified atom stereocenters. The first-order chi connectivity index (χ1) is 8.13. The lowest BCUT2D eigenvalue weighted by atomic mass is 10.0. The fraction of sp³-hybridized carbons (Fsp3) is 0.500. The Labute approximate surface area is 103 Å². The average Bonchev–Trinajstić information content (AvgIpc) is 2.57. The van der Waals surface area contributed by atoms with Gasteiger partial charge in [0.1, 0.15) is 0 Å². The third kappa shape index (κ3) is 2.34. The van der Waals surface area contributed by atoms with E-state index >= 15 is 0 Å². The lowest BCUT2D eigenvalue weighted by Gasteiger charge is -2.05. The van der Waals surface area contributed by atoms with E-state index in [1.54, 1.807) is 0 Å². The third-order valence-corrected chi connectivity index (χ3v) is 3.09. The zero-order valence-corrected chi connectivity index (χ0v) is 10.9. The van der Waals surface area contributed by atoms with Crippen molar-refractivity contribution in [3.8, 4) is 0 Å². The molecule has 0 aliphatic rings. The Kier molecular flexibility index (Phi) is 3.48. The standard InChI is InChI=1S/C14H21N3/c1-10(2)9-13-12-6-4-5-11(7-8-15)14(12)16-17(13)3/h4-6,10H,7-9,15H2,1-3H3. The number of nitrogens with two attached hydrogens (primary N) is 1. The zero-order valence-electron chi connectivity index (χ0n) is 10.9. The van der Waals surface area contributed by atoms with Crippen LogP contribution in [0.25, 0.3) is 10.9 Å². The van der Waals surface area contributed by atoms with Crippen molar-refractivity contribution in [2.24, 2.45) is 18.7 Å². The summed E-state index contributed by atoms with van der Waals surface area (Å²) >= 11 is 0. The van der Waals surface area contributed by atoms with Crippen molar-refractivity contribution >= 4 is 10.9 Å². The van der Waals surface area contributed by atoms with Gasteiger partial charge in [0, 0.05) is 18.1 Å². The molecule has 0 aliphatic heterocycles. The topological polar surface area (TPSA) is 43.8 Å².